The first-order valence-corrected chi connectivity index (χ1v) is 5.14. The first-order valence-electron chi connectivity index (χ1n) is 4.62. The molecule has 1 atom stereocenters. The van der Waals surface area contributed by atoms with Gasteiger partial charge in [-0.05, 0) is 0 Å². The summed E-state index contributed by atoms with van der Waals surface area (Å²) in [6.07, 6.45) is -6.86. The lowest BCUT2D eigenvalue weighted by Gasteiger charge is -2.35. The van der Waals surface area contributed by atoms with E-state index in [0.29, 0.717) is 7.05 Å². The van der Waals surface area contributed by atoms with Crippen molar-refractivity contribution in [3.63, 3.8) is 0 Å². The van der Waals surface area contributed by atoms with Crippen LogP contribution in [0.5, 0.6) is 0 Å². The van der Waals surface area contributed by atoms with Gasteiger partial charge < -0.3 is 4.90 Å². The van der Waals surface area contributed by atoms with Crippen LogP contribution in [0.15, 0.2) is 5.10 Å². The van der Waals surface area contributed by atoms with Gasteiger partial charge in [0, 0.05) is 7.05 Å². The van der Waals surface area contributed by atoms with Crippen molar-refractivity contribution >= 4 is 18.5 Å². The third-order valence-electron chi connectivity index (χ3n) is 2.41. The molecule has 1 N–H and O–H groups in total. The van der Waals surface area contributed by atoms with E-state index in [1.807, 2.05) is 0 Å². The van der Waals surface area contributed by atoms with E-state index in [-0.39, 0.29) is 4.90 Å². The van der Waals surface area contributed by atoms with Crippen LogP contribution in [0.1, 0.15) is 0 Å². The van der Waals surface area contributed by atoms with Crippen molar-refractivity contribution in [2.75, 3.05) is 7.05 Å². The molecule has 1 unspecified atom stereocenters. The highest BCUT2D eigenvalue weighted by Crippen LogP contribution is 2.53. The summed E-state index contributed by atoms with van der Waals surface area (Å²) in [4.78, 5) is 0.198. The molecule has 118 valence electrons. The van der Waals surface area contributed by atoms with Crippen LogP contribution in [0.25, 0.3) is 0 Å². The summed E-state index contributed by atoms with van der Waals surface area (Å²) in [5.41, 5.74) is 0.357. The Balaban J connectivity index is 3.27. The summed E-state index contributed by atoms with van der Waals surface area (Å²) < 4.78 is 114. The van der Waals surface area contributed by atoms with Gasteiger partial charge in [0.15, 0.2) is 5.50 Å². The van der Waals surface area contributed by atoms with Crippen molar-refractivity contribution in [2.45, 2.75) is 29.4 Å². The van der Waals surface area contributed by atoms with Gasteiger partial charge >= 0.3 is 23.9 Å². The molecule has 0 radical (unpaired) electrons. The van der Waals surface area contributed by atoms with Gasteiger partial charge in [0.25, 0.3) is 0 Å². The maximum absolute atomic E-state index is 13.4. The number of nitrogens with one attached hydrogen (secondary N) is 1. The zero-order valence-corrected chi connectivity index (χ0v) is 10.2. The number of hydrazone groups is 1. The van der Waals surface area contributed by atoms with Gasteiger partial charge in [-0.3, -0.25) is 5.43 Å². The molecule has 0 saturated heterocycles. The molecule has 1 aliphatic rings. The molecule has 1 aliphatic heterocycles. The second kappa shape index (κ2) is 4.49. The van der Waals surface area contributed by atoms with Crippen LogP contribution < -0.4 is 5.43 Å². The smallest absolute Gasteiger partial charge is 0.327 e. The van der Waals surface area contributed by atoms with Crippen molar-refractivity contribution in [3.8, 4) is 0 Å². The minimum Gasteiger partial charge on any atom is -0.327 e. The first kappa shape index (κ1) is 17.0. The predicted octanol–water partition coefficient (Wildman–Crippen LogP) is 2.52. The van der Waals surface area contributed by atoms with Crippen LogP contribution >= 0.6 is 12.6 Å². The van der Waals surface area contributed by atoms with E-state index in [1.54, 1.807) is 5.43 Å². The summed E-state index contributed by atoms with van der Waals surface area (Å²) in [5, 5.41) is 2.62. The Kier molecular flexibility index (Phi) is 3.83. The number of nitrogens with zero attached hydrogens (tertiary/aromatic N) is 2. The molecule has 0 spiro atoms. The first-order chi connectivity index (χ1) is 8.68. The van der Waals surface area contributed by atoms with E-state index in [4.69, 9.17) is 0 Å². The lowest BCUT2D eigenvalue weighted by Crippen LogP contribution is -2.65. The lowest BCUT2D eigenvalue weighted by molar-refractivity contribution is -0.385. The molecule has 0 aromatic heterocycles. The minimum absolute atomic E-state index is 0.198. The molecule has 20 heavy (non-hydrogen) atoms. The highest BCUT2D eigenvalue weighted by molar-refractivity contribution is 7.80. The fourth-order valence-corrected chi connectivity index (χ4v) is 1.37. The van der Waals surface area contributed by atoms with Crippen LogP contribution in [0.2, 0.25) is 0 Å². The highest BCUT2D eigenvalue weighted by atomic mass is 32.1. The Hall–Kier alpha value is -1.01. The average Bonchev–Trinajstić information content (AvgIpc) is 2.57. The van der Waals surface area contributed by atoms with Crippen LogP contribution in [-0.4, -0.2) is 47.2 Å². The van der Waals surface area contributed by atoms with E-state index < -0.39 is 35.3 Å². The standard InChI is InChI=1S/C7H6F9N3S/c1-19-2(17-18-3(19)20)4(8,9)5(10,11)6(12,13)7(14,15)16/h3,18,20H,1H3. The summed E-state index contributed by atoms with van der Waals surface area (Å²) in [6.45, 7) is 0. The van der Waals surface area contributed by atoms with Crippen molar-refractivity contribution < 1.29 is 39.5 Å². The van der Waals surface area contributed by atoms with E-state index >= 15 is 0 Å². The molecule has 1 heterocycles. The normalized spacial score (nSPS) is 21.9. The van der Waals surface area contributed by atoms with Crippen molar-refractivity contribution in [2.24, 2.45) is 5.10 Å². The quantitative estimate of drug-likeness (QED) is 0.613. The Morgan fingerprint density at radius 2 is 1.45 bits per heavy atom. The number of alkyl halides is 9. The number of thiol groups is 1. The number of hydrogen-bond acceptors (Lipinski definition) is 4. The highest BCUT2D eigenvalue weighted by Gasteiger charge is 2.83. The topological polar surface area (TPSA) is 27.6 Å². The van der Waals surface area contributed by atoms with Gasteiger partial charge in [0.05, 0.1) is 0 Å². The maximum atomic E-state index is 13.4. The number of rotatable bonds is 3. The van der Waals surface area contributed by atoms with Gasteiger partial charge in [-0.2, -0.15) is 44.6 Å². The van der Waals surface area contributed by atoms with Crippen LogP contribution in [0.3, 0.4) is 0 Å². The molecule has 0 fully saturated rings. The fraction of sp³-hybridized carbons (Fsp3) is 0.857. The third-order valence-corrected chi connectivity index (χ3v) is 2.87. The Labute approximate surface area is 111 Å². The van der Waals surface area contributed by atoms with Gasteiger partial charge in [-0.15, -0.1) is 12.6 Å². The molecule has 0 bridgehead atoms. The lowest BCUT2D eigenvalue weighted by atomic mass is 10.0. The van der Waals surface area contributed by atoms with E-state index in [2.05, 4.69) is 17.7 Å². The van der Waals surface area contributed by atoms with Crippen LogP contribution in [0, 0.1) is 0 Å². The summed E-state index contributed by atoms with van der Waals surface area (Å²) in [6, 6.07) is 0. The zero-order valence-electron chi connectivity index (χ0n) is 9.32. The molecular formula is C7H6F9N3S. The van der Waals surface area contributed by atoms with Crippen molar-refractivity contribution in [1.82, 2.24) is 10.3 Å². The number of halogens is 9. The predicted molar refractivity (Wildman–Crippen MR) is 52.0 cm³/mol. The molecule has 0 aromatic carbocycles. The van der Waals surface area contributed by atoms with Crippen molar-refractivity contribution in [3.05, 3.63) is 0 Å². The van der Waals surface area contributed by atoms with Gasteiger partial charge in [0.2, 0.25) is 5.84 Å². The molecule has 0 aliphatic carbocycles. The van der Waals surface area contributed by atoms with Crippen LogP contribution in [-0.2, 0) is 0 Å². The SMILES string of the molecule is CN1C(C(F)(F)C(F)(F)C(F)(F)C(F)(F)F)=NNC1S. The Morgan fingerprint density at radius 3 is 1.75 bits per heavy atom. The summed E-state index contributed by atoms with van der Waals surface area (Å²) in [7, 11) is 0.715. The van der Waals surface area contributed by atoms with Crippen LogP contribution in [0.4, 0.5) is 39.5 Å². The van der Waals surface area contributed by atoms with E-state index in [0.717, 1.165) is 0 Å². The molecular weight excluding hydrogens is 329 g/mol. The zero-order chi connectivity index (χ0) is 16.1. The minimum atomic E-state index is -6.94. The largest absolute Gasteiger partial charge is 0.460 e. The average molecular weight is 335 g/mol. The van der Waals surface area contributed by atoms with E-state index in [1.165, 1.54) is 0 Å². The molecule has 13 heteroatoms. The Bertz CT molecular complexity index is 418. The Morgan fingerprint density at radius 1 is 1.00 bits per heavy atom. The number of amidine groups is 1. The molecule has 3 nitrogen and oxygen atoms in total. The van der Waals surface area contributed by atoms with Crippen molar-refractivity contribution in [1.29, 1.82) is 0 Å². The third kappa shape index (κ3) is 2.15. The maximum Gasteiger partial charge on any atom is 0.460 e. The second-order valence-electron chi connectivity index (χ2n) is 3.77. The van der Waals surface area contributed by atoms with Gasteiger partial charge in [-0.25, -0.2) is 0 Å². The molecule has 0 amide bonds. The monoisotopic (exact) mass is 335 g/mol. The van der Waals surface area contributed by atoms with E-state index in [9.17, 15) is 39.5 Å². The molecule has 0 saturated carbocycles. The second-order valence-corrected chi connectivity index (χ2v) is 4.26. The van der Waals surface area contributed by atoms with Gasteiger partial charge in [-0.1, -0.05) is 0 Å². The fourth-order valence-electron chi connectivity index (χ4n) is 1.21. The number of hydrogen-bond donors (Lipinski definition) is 2. The molecule has 0 aromatic rings. The molecule has 1 rings (SSSR count). The van der Waals surface area contributed by atoms with Gasteiger partial charge in [0.1, 0.15) is 0 Å². The summed E-state index contributed by atoms with van der Waals surface area (Å²) in [5.74, 6) is -21.5. The summed E-state index contributed by atoms with van der Waals surface area (Å²) >= 11 is 3.52.